The number of carbonyl (C=O) groups excluding carboxylic acids is 1. The molecule has 2 atom stereocenters. The molecule has 1 aliphatic rings. The normalized spacial score (nSPS) is 23.6. The average molecular weight is 232 g/mol. The van der Waals surface area contributed by atoms with E-state index >= 15 is 0 Å². The lowest BCUT2D eigenvalue weighted by atomic mass is 10.1. The van der Waals surface area contributed by atoms with Crippen LogP contribution in [0.25, 0.3) is 0 Å². The molecule has 0 bridgehead atoms. The van der Waals surface area contributed by atoms with Crippen LogP contribution in [0.2, 0.25) is 0 Å². The molecule has 1 aliphatic carbocycles. The maximum absolute atomic E-state index is 12.1. The Morgan fingerprint density at radius 2 is 2.18 bits per heavy atom. The molecule has 0 spiro atoms. The monoisotopic (exact) mass is 232 g/mol. The summed E-state index contributed by atoms with van der Waals surface area (Å²) in [6.45, 7) is 2.09. The van der Waals surface area contributed by atoms with Gasteiger partial charge in [-0.25, -0.2) is 0 Å². The highest BCUT2D eigenvalue weighted by Crippen LogP contribution is 2.26. The van der Waals surface area contributed by atoms with Crippen molar-refractivity contribution in [2.45, 2.75) is 38.6 Å². The molecule has 1 aromatic rings. The van der Waals surface area contributed by atoms with E-state index in [1.165, 1.54) is 5.56 Å². The van der Waals surface area contributed by atoms with Crippen molar-refractivity contribution in [3.63, 3.8) is 0 Å². The number of aryl methyl sites for hydroxylation is 1. The zero-order valence-electron chi connectivity index (χ0n) is 10.3. The van der Waals surface area contributed by atoms with Gasteiger partial charge in [-0.15, -0.1) is 0 Å². The van der Waals surface area contributed by atoms with Crippen molar-refractivity contribution in [2.24, 2.45) is 11.7 Å². The quantitative estimate of drug-likeness (QED) is 0.840. The lowest BCUT2D eigenvalue weighted by molar-refractivity contribution is -0.119. The largest absolute Gasteiger partial charge is 0.328 e. The maximum atomic E-state index is 12.1. The average Bonchev–Trinajstić information content (AvgIpc) is 2.77. The van der Waals surface area contributed by atoms with Gasteiger partial charge >= 0.3 is 0 Å². The van der Waals surface area contributed by atoms with Crippen molar-refractivity contribution in [1.29, 1.82) is 0 Å². The van der Waals surface area contributed by atoms with Crippen LogP contribution >= 0.6 is 0 Å². The molecule has 0 heterocycles. The minimum absolute atomic E-state index is 0.0925. The highest BCUT2D eigenvalue weighted by molar-refractivity contribution is 5.93. The topological polar surface area (TPSA) is 55.1 Å². The molecule has 1 saturated carbocycles. The van der Waals surface area contributed by atoms with Crippen LogP contribution in [0.1, 0.15) is 31.7 Å². The van der Waals surface area contributed by atoms with Gasteiger partial charge in [0.2, 0.25) is 5.91 Å². The molecule has 1 fully saturated rings. The number of nitrogens with one attached hydrogen (secondary N) is 1. The first-order valence-electron chi connectivity index (χ1n) is 6.35. The second-order valence-electron chi connectivity index (χ2n) is 4.77. The van der Waals surface area contributed by atoms with E-state index in [0.717, 1.165) is 31.4 Å². The van der Waals surface area contributed by atoms with Crippen LogP contribution in [0.4, 0.5) is 5.69 Å². The summed E-state index contributed by atoms with van der Waals surface area (Å²) in [5, 5.41) is 3.03. The van der Waals surface area contributed by atoms with E-state index in [4.69, 9.17) is 5.73 Å². The second kappa shape index (κ2) is 5.32. The Hall–Kier alpha value is -1.35. The number of para-hydroxylation sites is 1. The smallest absolute Gasteiger partial charge is 0.227 e. The molecular weight excluding hydrogens is 212 g/mol. The summed E-state index contributed by atoms with van der Waals surface area (Å²) in [5.41, 5.74) is 7.96. The number of amides is 1. The van der Waals surface area contributed by atoms with Crippen molar-refractivity contribution >= 4 is 11.6 Å². The molecule has 1 aromatic carbocycles. The second-order valence-corrected chi connectivity index (χ2v) is 4.77. The highest BCUT2D eigenvalue weighted by Gasteiger charge is 2.27. The summed E-state index contributed by atoms with van der Waals surface area (Å²) >= 11 is 0. The van der Waals surface area contributed by atoms with E-state index in [-0.39, 0.29) is 17.9 Å². The molecule has 92 valence electrons. The first-order chi connectivity index (χ1) is 8.20. The van der Waals surface area contributed by atoms with E-state index in [9.17, 15) is 4.79 Å². The Labute approximate surface area is 102 Å². The summed E-state index contributed by atoms with van der Waals surface area (Å²) < 4.78 is 0. The summed E-state index contributed by atoms with van der Waals surface area (Å²) in [6.07, 6.45) is 3.63. The Morgan fingerprint density at radius 3 is 2.82 bits per heavy atom. The van der Waals surface area contributed by atoms with Crippen LogP contribution in [0, 0.1) is 5.92 Å². The number of nitrogens with two attached hydrogens (primary N) is 1. The van der Waals surface area contributed by atoms with Gasteiger partial charge in [0.05, 0.1) is 0 Å². The number of hydrogen-bond donors (Lipinski definition) is 2. The number of rotatable bonds is 3. The third-order valence-corrected chi connectivity index (χ3v) is 3.50. The van der Waals surface area contributed by atoms with Gasteiger partial charge in [0.15, 0.2) is 0 Å². The van der Waals surface area contributed by atoms with E-state index in [1.54, 1.807) is 0 Å². The zero-order valence-corrected chi connectivity index (χ0v) is 10.3. The Kier molecular flexibility index (Phi) is 3.79. The van der Waals surface area contributed by atoms with Crippen molar-refractivity contribution in [1.82, 2.24) is 0 Å². The van der Waals surface area contributed by atoms with E-state index in [1.807, 2.05) is 18.2 Å². The molecule has 17 heavy (non-hydrogen) atoms. The predicted octanol–water partition coefficient (Wildman–Crippen LogP) is 2.31. The SMILES string of the molecule is CCc1ccccc1NC(=O)C1CCC(N)C1. The lowest BCUT2D eigenvalue weighted by Crippen LogP contribution is -2.23. The summed E-state index contributed by atoms with van der Waals surface area (Å²) in [6, 6.07) is 8.17. The van der Waals surface area contributed by atoms with Crippen LogP contribution in [0.5, 0.6) is 0 Å². The van der Waals surface area contributed by atoms with Crippen molar-refractivity contribution < 1.29 is 4.79 Å². The Bertz CT molecular complexity index is 403. The first-order valence-corrected chi connectivity index (χ1v) is 6.35. The Morgan fingerprint density at radius 1 is 1.41 bits per heavy atom. The van der Waals surface area contributed by atoms with E-state index < -0.39 is 0 Å². The van der Waals surface area contributed by atoms with Crippen LogP contribution in [-0.2, 0) is 11.2 Å². The van der Waals surface area contributed by atoms with Crippen LogP contribution in [0.15, 0.2) is 24.3 Å². The number of anilines is 1. The molecule has 0 aliphatic heterocycles. The molecule has 1 amide bonds. The lowest BCUT2D eigenvalue weighted by Gasteiger charge is -2.13. The molecule has 0 aromatic heterocycles. The van der Waals surface area contributed by atoms with Crippen LogP contribution in [-0.4, -0.2) is 11.9 Å². The van der Waals surface area contributed by atoms with Gasteiger partial charge in [-0.2, -0.15) is 0 Å². The zero-order chi connectivity index (χ0) is 12.3. The minimum atomic E-state index is 0.0925. The fourth-order valence-electron chi connectivity index (χ4n) is 2.44. The molecule has 2 rings (SSSR count). The highest BCUT2D eigenvalue weighted by atomic mass is 16.1. The molecule has 2 unspecified atom stereocenters. The van der Waals surface area contributed by atoms with Crippen molar-refractivity contribution in [2.75, 3.05) is 5.32 Å². The fourth-order valence-corrected chi connectivity index (χ4v) is 2.44. The number of carbonyl (C=O) groups is 1. The van der Waals surface area contributed by atoms with Crippen LogP contribution in [0.3, 0.4) is 0 Å². The molecule has 0 saturated heterocycles. The van der Waals surface area contributed by atoms with Crippen molar-refractivity contribution in [3.8, 4) is 0 Å². The molecule has 3 heteroatoms. The molecular formula is C14H20N2O. The first kappa shape index (κ1) is 12.1. The standard InChI is InChI=1S/C14H20N2O/c1-2-10-5-3-4-6-13(10)16-14(17)11-7-8-12(15)9-11/h3-6,11-12H,2,7-9,15H2,1H3,(H,16,17). The number of hydrogen-bond acceptors (Lipinski definition) is 2. The van der Waals surface area contributed by atoms with Gasteiger partial charge in [0.1, 0.15) is 0 Å². The van der Waals surface area contributed by atoms with Gasteiger partial charge < -0.3 is 11.1 Å². The molecule has 3 nitrogen and oxygen atoms in total. The van der Waals surface area contributed by atoms with Gasteiger partial charge in [-0.05, 0) is 37.3 Å². The third-order valence-electron chi connectivity index (χ3n) is 3.50. The van der Waals surface area contributed by atoms with Gasteiger partial charge in [0.25, 0.3) is 0 Å². The van der Waals surface area contributed by atoms with Crippen molar-refractivity contribution in [3.05, 3.63) is 29.8 Å². The van der Waals surface area contributed by atoms with Gasteiger partial charge in [-0.1, -0.05) is 25.1 Å². The summed E-state index contributed by atoms with van der Waals surface area (Å²) in [5.74, 6) is 0.216. The van der Waals surface area contributed by atoms with Gasteiger partial charge in [-0.3, -0.25) is 4.79 Å². The third kappa shape index (κ3) is 2.86. The van der Waals surface area contributed by atoms with Crippen LogP contribution < -0.4 is 11.1 Å². The maximum Gasteiger partial charge on any atom is 0.227 e. The predicted molar refractivity (Wildman–Crippen MR) is 69.8 cm³/mol. The summed E-state index contributed by atoms with van der Waals surface area (Å²) in [4.78, 5) is 12.1. The van der Waals surface area contributed by atoms with Gasteiger partial charge in [0, 0.05) is 17.6 Å². The number of benzene rings is 1. The van der Waals surface area contributed by atoms with E-state index in [2.05, 4.69) is 18.3 Å². The Balaban J connectivity index is 2.03. The van der Waals surface area contributed by atoms with E-state index in [0.29, 0.717) is 0 Å². The molecule has 0 radical (unpaired) electrons. The fraction of sp³-hybridized carbons (Fsp3) is 0.500. The summed E-state index contributed by atoms with van der Waals surface area (Å²) in [7, 11) is 0. The minimum Gasteiger partial charge on any atom is -0.328 e. The molecule has 3 N–H and O–H groups in total.